The van der Waals surface area contributed by atoms with Crippen LogP contribution in [0.5, 0.6) is 0 Å². The number of primary amides is 1. The third-order valence-electron chi connectivity index (χ3n) is 7.66. The molecule has 0 saturated carbocycles. The molecule has 5 aromatic rings. The number of benzene rings is 4. The van der Waals surface area contributed by atoms with Crippen molar-refractivity contribution in [2.75, 3.05) is 34.4 Å². The first-order chi connectivity index (χ1) is 28.5. The van der Waals surface area contributed by atoms with Gasteiger partial charge in [0, 0.05) is 28.2 Å². The van der Waals surface area contributed by atoms with E-state index in [1.54, 1.807) is 6.92 Å². The van der Waals surface area contributed by atoms with E-state index in [9.17, 15) is 57.4 Å². The summed E-state index contributed by atoms with van der Waals surface area (Å²) in [4.78, 5) is 23.5. The van der Waals surface area contributed by atoms with Gasteiger partial charge >= 0.3 is 124 Å². The van der Waals surface area contributed by atoms with Crippen LogP contribution in [0.2, 0.25) is 5.28 Å². The molecule has 4 aromatic carbocycles. The number of nitrogens with two attached hydrogens (primary N) is 1. The number of anilines is 5. The number of hydrogen-bond donors (Lipinski definition) is 3. The fourth-order valence-corrected chi connectivity index (χ4v) is 8.78. The van der Waals surface area contributed by atoms with Gasteiger partial charge < -0.3 is 40.2 Å². The fraction of sp³-hybridized carbons (Fsp3) is 0.133. The predicted molar refractivity (Wildman–Crippen MR) is 207 cm³/mol. The Bertz CT molecular complexity index is 3020. The van der Waals surface area contributed by atoms with E-state index in [0.717, 1.165) is 24.3 Å². The van der Waals surface area contributed by atoms with Gasteiger partial charge in [-0.15, -0.1) is 10.2 Å². The van der Waals surface area contributed by atoms with Crippen LogP contribution in [0.15, 0.2) is 96.5 Å². The number of hydrogen-bond acceptors (Lipinski definition) is 24. The Hall–Kier alpha value is -1.22. The largest absolute Gasteiger partial charge is 1.00 e. The summed E-state index contributed by atoms with van der Waals surface area (Å²) in [6.45, 7) is 0.899. The molecule has 0 radical (unpaired) electrons. The number of aromatic nitrogens is 3. The maximum Gasteiger partial charge on any atom is 1.00 e. The number of fused-ring (bicyclic) bond motifs is 1. The molecule has 2 amide bonds. The van der Waals surface area contributed by atoms with Crippen LogP contribution in [-0.4, -0.2) is 87.2 Å². The second kappa shape index (κ2) is 26.1. The Morgan fingerprint density at radius 1 is 0.846 bits per heavy atom. The maximum atomic E-state index is 12.8. The number of nitrogens with zero attached hydrogens (tertiary/aromatic N) is 6. The first-order valence-electron chi connectivity index (χ1n) is 16.2. The van der Waals surface area contributed by atoms with E-state index in [4.69, 9.17) is 17.3 Å². The van der Waals surface area contributed by atoms with E-state index in [1.165, 1.54) is 47.4 Å². The summed E-state index contributed by atoms with van der Waals surface area (Å²) >= 11 is 6.40. The molecule has 25 nitrogen and oxygen atoms in total. The summed E-state index contributed by atoms with van der Waals surface area (Å²) in [6.07, 6.45) is 0. The van der Waals surface area contributed by atoms with Crippen molar-refractivity contribution >= 4 is 121 Å². The number of urea groups is 1. The van der Waals surface area contributed by atoms with Crippen LogP contribution in [0.4, 0.5) is 45.1 Å². The average molecular weight is 1050 g/mol. The summed E-state index contributed by atoms with van der Waals surface area (Å²) in [7, 11) is -19.9. The maximum absolute atomic E-state index is 12.8. The summed E-state index contributed by atoms with van der Waals surface area (Å²) in [5.41, 5.74) is 4.61. The molecular weight excluding hydrogens is 1030 g/mol. The van der Waals surface area contributed by atoms with Crippen molar-refractivity contribution in [3.8, 4) is 0 Å². The van der Waals surface area contributed by atoms with Crippen LogP contribution in [0.25, 0.3) is 10.8 Å². The minimum absolute atomic E-state index is 0. The topological polar surface area (TPSA) is 390 Å². The Kier molecular flexibility index (Phi) is 24.8. The molecule has 35 heteroatoms. The monoisotopic (exact) mass is 1050 g/mol. The quantitative estimate of drug-likeness (QED) is 0.0139. The third kappa shape index (κ3) is 17.6. The fourth-order valence-electron chi connectivity index (χ4n) is 5.24. The molecule has 0 fully saturated rings. The van der Waals surface area contributed by atoms with Crippen LogP contribution >= 0.6 is 23.6 Å². The number of halogens is 1. The van der Waals surface area contributed by atoms with Crippen LogP contribution in [-0.2, 0) is 54.0 Å². The molecule has 65 heavy (non-hydrogen) atoms. The Morgan fingerprint density at radius 2 is 1.51 bits per heavy atom. The van der Waals surface area contributed by atoms with E-state index in [1.807, 2.05) is 0 Å². The Morgan fingerprint density at radius 3 is 2.11 bits per heavy atom. The molecule has 0 aliphatic carbocycles. The molecule has 1 aromatic heterocycles. The Balaban J connectivity index is 0.00000528. The van der Waals surface area contributed by atoms with E-state index in [2.05, 4.69) is 49.4 Å². The van der Waals surface area contributed by atoms with Crippen molar-refractivity contribution in [1.82, 2.24) is 15.0 Å². The minimum atomic E-state index is -5.36. The van der Waals surface area contributed by atoms with Gasteiger partial charge in [0.05, 0.1) is 44.8 Å². The second-order valence-corrected chi connectivity index (χ2v) is 18.6. The van der Waals surface area contributed by atoms with Crippen molar-refractivity contribution in [1.29, 1.82) is 0 Å². The molecule has 0 aliphatic rings. The normalized spacial score (nSPS) is 11.7. The number of rotatable bonds is 18. The van der Waals surface area contributed by atoms with Crippen LogP contribution in [0, 0.1) is 0 Å². The zero-order valence-corrected chi connectivity index (χ0v) is 47.0. The number of carbonyl (C=O) groups excluding carboxylic acids is 1. The molecule has 0 saturated heterocycles. The van der Waals surface area contributed by atoms with Gasteiger partial charge in [-0.3, -0.25) is 9.22 Å². The molecule has 4 N–H and O–H groups in total. The number of azo groups is 1. The standard InChI is InChI=1S/C30H28ClN9O16S5.4Na/c1-2-40(18-4-3-5-20(13-18)58(43,44)9-8-54-61(51,52)53)30-36-27(31)35-29(37-30)33-17-6-7-22(23(12-17)34-28(32)41)38-39-24-15-21-16(11-26(24)60(48,49)50)10-19(57-56-55-42)14-25(21)59(45,46)47;;;;/h3-7,10-15,42H,2,8-9H2,1H3,(H3,32,34,41)(H,45,46,47)(H,48,49,50)(H,51,52,53)(H,33,35,36,37);;;;/q;4*+1/p-4. The van der Waals surface area contributed by atoms with Gasteiger partial charge in [-0.2, -0.15) is 19.3 Å². The van der Waals surface area contributed by atoms with Gasteiger partial charge in [-0.05, 0) is 84.6 Å². The number of carbonyl (C=O) groups is 1. The first-order valence-corrected chi connectivity index (χ1v) is 23.1. The van der Waals surface area contributed by atoms with Gasteiger partial charge in [-0.25, -0.2) is 38.5 Å². The van der Waals surface area contributed by atoms with Crippen LogP contribution in [0.3, 0.4) is 0 Å². The van der Waals surface area contributed by atoms with Gasteiger partial charge in [-0.1, -0.05) is 6.07 Å². The number of sulfone groups is 1. The van der Waals surface area contributed by atoms with Crippen molar-refractivity contribution in [3.05, 3.63) is 72.0 Å². The molecule has 0 spiro atoms. The molecule has 0 bridgehead atoms. The van der Waals surface area contributed by atoms with E-state index < -0.39 is 79.7 Å². The van der Waals surface area contributed by atoms with Crippen molar-refractivity contribution < 1.29 is 189 Å². The molecule has 0 atom stereocenters. The number of amides is 2. The SMILES string of the molecule is CCN(c1cccc(S(=O)(=O)CCOS(=O)(=O)[O-])c1)c1nc(Cl)nc(Nc2ccc(N=Nc3cc4c(S(=O)(=O)[O-])cc(SOO[O-])cc4cc3S(=O)(=O)[O-])c(NC(N)=O)c2)n1.[Na+].[Na+].[Na+].[Na+]. The zero-order valence-electron chi connectivity index (χ0n) is 34.2. The molecule has 5 rings (SSSR count). The summed E-state index contributed by atoms with van der Waals surface area (Å²) < 4.78 is 139. The van der Waals surface area contributed by atoms with Crippen molar-refractivity contribution in [3.63, 3.8) is 0 Å². The van der Waals surface area contributed by atoms with Gasteiger partial charge in [0.1, 0.15) is 31.6 Å². The predicted octanol–water partition coefficient (Wildman–Crippen LogP) is -9.21. The molecule has 326 valence electrons. The molecule has 0 unspecified atom stereocenters. The zero-order chi connectivity index (χ0) is 44.9. The summed E-state index contributed by atoms with van der Waals surface area (Å²) in [6, 6.07) is 11.5. The molecular formula is C30H24ClN9Na4O16S5. The van der Waals surface area contributed by atoms with E-state index in [0.29, 0.717) is 0 Å². The van der Waals surface area contributed by atoms with Crippen molar-refractivity contribution in [2.45, 2.75) is 26.5 Å². The minimum Gasteiger partial charge on any atom is -0.744 e. The number of nitrogens with one attached hydrogen (secondary N) is 2. The smallest absolute Gasteiger partial charge is 0.744 e. The van der Waals surface area contributed by atoms with E-state index >= 15 is 0 Å². The van der Waals surface area contributed by atoms with E-state index in [-0.39, 0.29) is 192 Å². The van der Waals surface area contributed by atoms with Crippen molar-refractivity contribution in [2.24, 2.45) is 16.0 Å². The molecule has 1 heterocycles. The average Bonchev–Trinajstić information content (AvgIpc) is 3.15. The first kappa shape index (κ1) is 61.8. The summed E-state index contributed by atoms with van der Waals surface area (Å²) in [5.74, 6) is -1.11. The Labute approximate surface area is 468 Å². The second-order valence-electron chi connectivity index (χ2n) is 11.7. The van der Waals surface area contributed by atoms with Gasteiger partial charge in [0.25, 0.3) is 0 Å². The van der Waals surface area contributed by atoms with Gasteiger partial charge in [0.15, 0.2) is 9.84 Å². The third-order valence-corrected chi connectivity index (χ3v) is 12.3. The summed E-state index contributed by atoms with van der Waals surface area (Å²) in [5, 5.41) is 25.3. The van der Waals surface area contributed by atoms with Gasteiger partial charge in [0.2, 0.25) is 27.6 Å². The van der Waals surface area contributed by atoms with Crippen LogP contribution < -0.4 is 145 Å². The molecule has 0 aliphatic heterocycles. The van der Waals surface area contributed by atoms with Crippen LogP contribution in [0.1, 0.15) is 6.92 Å².